The molecular formula is C15H22N2O2. The SMILES string of the molecule is COc1ccc(NC(=O)CCC2CCNCC2)cc1. The lowest BCUT2D eigenvalue weighted by Crippen LogP contribution is -2.28. The Kier molecular flexibility index (Phi) is 5.21. The number of benzene rings is 1. The van der Waals surface area contributed by atoms with Gasteiger partial charge in [-0.2, -0.15) is 0 Å². The van der Waals surface area contributed by atoms with Gasteiger partial charge in [0, 0.05) is 12.1 Å². The van der Waals surface area contributed by atoms with Gasteiger partial charge in [0.25, 0.3) is 0 Å². The smallest absolute Gasteiger partial charge is 0.224 e. The maximum atomic E-state index is 11.9. The Morgan fingerprint density at radius 1 is 1.32 bits per heavy atom. The number of amides is 1. The minimum Gasteiger partial charge on any atom is -0.497 e. The normalized spacial score (nSPS) is 16.1. The summed E-state index contributed by atoms with van der Waals surface area (Å²) in [7, 11) is 1.63. The van der Waals surface area contributed by atoms with E-state index in [1.54, 1.807) is 7.11 Å². The Balaban J connectivity index is 1.73. The van der Waals surface area contributed by atoms with Gasteiger partial charge in [0.05, 0.1) is 7.11 Å². The van der Waals surface area contributed by atoms with Crippen molar-refractivity contribution in [2.75, 3.05) is 25.5 Å². The van der Waals surface area contributed by atoms with Crippen molar-refractivity contribution in [3.63, 3.8) is 0 Å². The number of piperidine rings is 1. The van der Waals surface area contributed by atoms with Crippen LogP contribution in [0.4, 0.5) is 5.69 Å². The number of ether oxygens (including phenoxy) is 1. The number of hydrogen-bond acceptors (Lipinski definition) is 3. The molecule has 1 aromatic carbocycles. The van der Waals surface area contributed by atoms with Gasteiger partial charge in [-0.1, -0.05) is 0 Å². The average Bonchev–Trinajstić information content (AvgIpc) is 2.47. The van der Waals surface area contributed by atoms with Crippen LogP contribution in [-0.4, -0.2) is 26.1 Å². The van der Waals surface area contributed by atoms with Crippen LogP contribution >= 0.6 is 0 Å². The van der Waals surface area contributed by atoms with E-state index in [0.717, 1.165) is 30.9 Å². The second-order valence-electron chi connectivity index (χ2n) is 5.01. The third kappa shape index (κ3) is 4.56. The lowest BCUT2D eigenvalue weighted by atomic mass is 9.93. The molecule has 2 N–H and O–H groups in total. The predicted octanol–water partition coefficient (Wildman–Crippen LogP) is 2.41. The second kappa shape index (κ2) is 7.14. The van der Waals surface area contributed by atoms with Crippen molar-refractivity contribution in [1.82, 2.24) is 5.32 Å². The first-order chi connectivity index (χ1) is 9.28. The fourth-order valence-electron chi connectivity index (χ4n) is 2.40. The van der Waals surface area contributed by atoms with Gasteiger partial charge in [-0.15, -0.1) is 0 Å². The molecule has 4 heteroatoms. The van der Waals surface area contributed by atoms with Gasteiger partial charge >= 0.3 is 0 Å². The van der Waals surface area contributed by atoms with Gasteiger partial charge in [-0.05, 0) is 62.5 Å². The zero-order chi connectivity index (χ0) is 13.5. The van der Waals surface area contributed by atoms with Crippen molar-refractivity contribution in [3.05, 3.63) is 24.3 Å². The quantitative estimate of drug-likeness (QED) is 0.856. The van der Waals surface area contributed by atoms with Crippen molar-refractivity contribution < 1.29 is 9.53 Å². The van der Waals surface area contributed by atoms with E-state index in [1.165, 1.54) is 12.8 Å². The summed E-state index contributed by atoms with van der Waals surface area (Å²) >= 11 is 0. The molecule has 1 saturated heterocycles. The van der Waals surface area contributed by atoms with Crippen molar-refractivity contribution in [2.45, 2.75) is 25.7 Å². The molecule has 1 heterocycles. The first kappa shape index (κ1) is 13.9. The largest absolute Gasteiger partial charge is 0.497 e. The van der Waals surface area contributed by atoms with Gasteiger partial charge in [0.1, 0.15) is 5.75 Å². The molecule has 104 valence electrons. The van der Waals surface area contributed by atoms with Gasteiger partial charge in [0.2, 0.25) is 5.91 Å². The highest BCUT2D eigenvalue weighted by Crippen LogP contribution is 2.19. The number of carbonyl (C=O) groups is 1. The van der Waals surface area contributed by atoms with E-state index in [1.807, 2.05) is 24.3 Å². The molecule has 0 spiro atoms. The van der Waals surface area contributed by atoms with E-state index >= 15 is 0 Å². The number of hydrogen-bond donors (Lipinski definition) is 2. The Morgan fingerprint density at radius 3 is 2.63 bits per heavy atom. The van der Waals surface area contributed by atoms with Gasteiger partial charge < -0.3 is 15.4 Å². The number of anilines is 1. The first-order valence-electron chi connectivity index (χ1n) is 6.92. The summed E-state index contributed by atoms with van der Waals surface area (Å²) in [4.78, 5) is 11.9. The molecule has 0 saturated carbocycles. The third-order valence-electron chi connectivity index (χ3n) is 3.61. The lowest BCUT2D eigenvalue weighted by Gasteiger charge is -2.22. The molecule has 2 rings (SSSR count). The van der Waals surface area contributed by atoms with Crippen LogP contribution in [0.25, 0.3) is 0 Å². The molecule has 4 nitrogen and oxygen atoms in total. The van der Waals surface area contributed by atoms with Gasteiger partial charge in [-0.25, -0.2) is 0 Å². The molecule has 0 aliphatic carbocycles. The standard InChI is InChI=1S/C15H22N2O2/c1-19-14-5-3-13(4-6-14)17-15(18)7-2-12-8-10-16-11-9-12/h3-6,12,16H,2,7-11H2,1H3,(H,17,18). The second-order valence-corrected chi connectivity index (χ2v) is 5.01. The lowest BCUT2D eigenvalue weighted by molar-refractivity contribution is -0.116. The van der Waals surface area contributed by atoms with E-state index < -0.39 is 0 Å². The summed E-state index contributed by atoms with van der Waals surface area (Å²) < 4.78 is 5.08. The number of nitrogens with one attached hydrogen (secondary N) is 2. The molecule has 1 aromatic rings. The average molecular weight is 262 g/mol. The van der Waals surface area contributed by atoms with E-state index in [-0.39, 0.29) is 5.91 Å². The molecule has 19 heavy (non-hydrogen) atoms. The van der Waals surface area contributed by atoms with Crippen LogP contribution < -0.4 is 15.4 Å². The molecule has 1 amide bonds. The number of methoxy groups -OCH3 is 1. The molecule has 0 unspecified atom stereocenters. The Bertz CT molecular complexity index is 397. The van der Waals surface area contributed by atoms with E-state index in [2.05, 4.69) is 10.6 Å². The Labute approximate surface area is 114 Å². The molecule has 1 aliphatic heterocycles. The van der Waals surface area contributed by atoms with Crippen LogP contribution in [0.3, 0.4) is 0 Å². The predicted molar refractivity (Wildman–Crippen MR) is 76.5 cm³/mol. The fraction of sp³-hybridized carbons (Fsp3) is 0.533. The molecular weight excluding hydrogens is 240 g/mol. The van der Waals surface area contributed by atoms with E-state index in [0.29, 0.717) is 12.3 Å². The monoisotopic (exact) mass is 262 g/mol. The third-order valence-corrected chi connectivity index (χ3v) is 3.61. The molecule has 1 fully saturated rings. The highest BCUT2D eigenvalue weighted by atomic mass is 16.5. The molecule has 0 bridgehead atoms. The number of rotatable bonds is 5. The summed E-state index contributed by atoms with van der Waals surface area (Å²) in [5, 5.41) is 6.26. The van der Waals surface area contributed by atoms with Crippen molar-refractivity contribution in [2.24, 2.45) is 5.92 Å². The van der Waals surface area contributed by atoms with Gasteiger partial charge in [-0.3, -0.25) is 4.79 Å². The van der Waals surface area contributed by atoms with Gasteiger partial charge in [0.15, 0.2) is 0 Å². The van der Waals surface area contributed by atoms with Crippen LogP contribution in [0.15, 0.2) is 24.3 Å². The highest BCUT2D eigenvalue weighted by Gasteiger charge is 2.14. The van der Waals surface area contributed by atoms with Crippen molar-refractivity contribution in [1.29, 1.82) is 0 Å². The Morgan fingerprint density at radius 2 is 2.00 bits per heavy atom. The van der Waals surface area contributed by atoms with Crippen molar-refractivity contribution in [3.8, 4) is 5.75 Å². The van der Waals surface area contributed by atoms with Crippen LogP contribution in [0.1, 0.15) is 25.7 Å². The summed E-state index contributed by atoms with van der Waals surface area (Å²) in [6.07, 6.45) is 3.98. The first-order valence-corrected chi connectivity index (χ1v) is 6.92. The summed E-state index contributed by atoms with van der Waals surface area (Å²) in [6, 6.07) is 7.42. The molecule has 0 aromatic heterocycles. The minimum absolute atomic E-state index is 0.101. The topological polar surface area (TPSA) is 50.4 Å². The minimum atomic E-state index is 0.101. The summed E-state index contributed by atoms with van der Waals surface area (Å²) in [5.74, 6) is 1.60. The van der Waals surface area contributed by atoms with Crippen LogP contribution in [-0.2, 0) is 4.79 Å². The summed E-state index contributed by atoms with van der Waals surface area (Å²) in [6.45, 7) is 2.18. The summed E-state index contributed by atoms with van der Waals surface area (Å²) in [5.41, 5.74) is 0.830. The van der Waals surface area contributed by atoms with Crippen LogP contribution in [0, 0.1) is 5.92 Å². The van der Waals surface area contributed by atoms with Crippen molar-refractivity contribution >= 4 is 11.6 Å². The van der Waals surface area contributed by atoms with E-state index in [9.17, 15) is 4.79 Å². The molecule has 0 radical (unpaired) electrons. The Hall–Kier alpha value is -1.55. The molecule has 0 atom stereocenters. The van der Waals surface area contributed by atoms with Crippen LogP contribution in [0.5, 0.6) is 5.75 Å². The van der Waals surface area contributed by atoms with Crippen LogP contribution in [0.2, 0.25) is 0 Å². The maximum Gasteiger partial charge on any atom is 0.224 e. The fourth-order valence-corrected chi connectivity index (χ4v) is 2.40. The highest BCUT2D eigenvalue weighted by molar-refractivity contribution is 5.90. The van der Waals surface area contributed by atoms with E-state index in [4.69, 9.17) is 4.74 Å². The number of carbonyl (C=O) groups excluding carboxylic acids is 1. The molecule has 1 aliphatic rings. The maximum absolute atomic E-state index is 11.9. The zero-order valence-corrected chi connectivity index (χ0v) is 11.4. The zero-order valence-electron chi connectivity index (χ0n) is 11.4.